The van der Waals surface area contributed by atoms with Crippen LogP contribution >= 0.6 is 0 Å². The van der Waals surface area contributed by atoms with Gasteiger partial charge in [-0.25, -0.2) is 0 Å². The third kappa shape index (κ3) is 3.89. The van der Waals surface area contributed by atoms with Gasteiger partial charge in [0.25, 0.3) is 0 Å². The van der Waals surface area contributed by atoms with Gasteiger partial charge in [-0.05, 0) is 50.3 Å². The lowest BCUT2D eigenvalue weighted by molar-refractivity contribution is 0.143. The number of hydrogen-bond acceptors (Lipinski definition) is 3. The number of benzene rings is 1. The molecule has 0 unspecified atom stereocenters. The molecule has 20 heavy (non-hydrogen) atoms. The average Bonchev–Trinajstić information content (AvgIpc) is 2.50. The topological polar surface area (TPSA) is 44.5 Å². The number of hydrogen-bond donors (Lipinski definition) is 1. The fraction of sp³-hybridized carbons (Fsp3) is 0.647. The van der Waals surface area contributed by atoms with Crippen LogP contribution in [0.15, 0.2) is 24.3 Å². The fourth-order valence-corrected chi connectivity index (χ4v) is 3.08. The summed E-state index contributed by atoms with van der Waals surface area (Å²) in [4.78, 5) is 0. The molecule has 0 radical (unpaired) electrons. The van der Waals surface area contributed by atoms with E-state index in [1.807, 2.05) is 31.2 Å². The molecule has 0 aromatic heterocycles. The van der Waals surface area contributed by atoms with Gasteiger partial charge in [-0.2, -0.15) is 0 Å². The lowest BCUT2D eigenvalue weighted by atomic mass is 9.72. The summed E-state index contributed by atoms with van der Waals surface area (Å²) >= 11 is 0. The minimum absolute atomic E-state index is 0.304. The van der Waals surface area contributed by atoms with Crippen LogP contribution in [0.25, 0.3) is 0 Å². The van der Waals surface area contributed by atoms with Gasteiger partial charge in [0.05, 0.1) is 13.2 Å². The van der Waals surface area contributed by atoms with Crippen LogP contribution in [0.2, 0.25) is 0 Å². The van der Waals surface area contributed by atoms with Gasteiger partial charge in [-0.1, -0.05) is 31.4 Å². The number of nitrogens with two attached hydrogens (primary N) is 1. The van der Waals surface area contributed by atoms with E-state index in [2.05, 4.69) is 0 Å². The van der Waals surface area contributed by atoms with Crippen molar-refractivity contribution in [3.8, 4) is 11.5 Å². The van der Waals surface area contributed by atoms with Crippen molar-refractivity contribution in [2.24, 2.45) is 11.1 Å². The minimum atomic E-state index is 0.304. The molecule has 112 valence electrons. The highest BCUT2D eigenvalue weighted by molar-refractivity contribution is 5.39. The number of ether oxygens (including phenoxy) is 2. The Labute approximate surface area is 122 Å². The summed E-state index contributed by atoms with van der Waals surface area (Å²) in [7, 11) is 0. The van der Waals surface area contributed by atoms with Gasteiger partial charge in [-0.3, -0.25) is 0 Å². The van der Waals surface area contributed by atoms with Crippen molar-refractivity contribution in [2.75, 3.05) is 19.8 Å². The predicted molar refractivity (Wildman–Crippen MR) is 82.3 cm³/mol. The lowest BCUT2D eigenvalue weighted by Gasteiger charge is -2.36. The van der Waals surface area contributed by atoms with E-state index in [1.165, 1.54) is 32.1 Å². The van der Waals surface area contributed by atoms with Gasteiger partial charge < -0.3 is 15.2 Å². The summed E-state index contributed by atoms with van der Waals surface area (Å²) in [6.07, 6.45) is 7.53. The molecule has 1 aromatic carbocycles. The van der Waals surface area contributed by atoms with E-state index < -0.39 is 0 Å². The molecule has 0 spiro atoms. The molecule has 1 saturated carbocycles. The zero-order chi connectivity index (χ0) is 14.3. The Morgan fingerprint density at radius 1 is 1.05 bits per heavy atom. The second kappa shape index (κ2) is 7.53. The first kappa shape index (κ1) is 15.2. The number of rotatable bonds is 7. The summed E-state index contributed by atoms with van der Waals surface area (Å²) in [5.74, 6) is 1.68. The van der Waals surface area contributed by atoms with E-state index in [1.54, 1.807) is 0 Å². The molecule has 2 N–H and O–H groups in total. The maximum absolute atomic E-state index is 6.02. The Bertz CT molecular complexity index is 400. The molecule has 0 amide bonds. The molecular formula is C17H27NO2. The third-order valence-corrected chi connectivity index (χ3v) is 4.39. The van der Waals surface area contributed by atoms with E-state index in [-0.39, 0.29) is 0 Å². The highest BCUT2D eigenvalue weighted by Gasteiger charge is 2.30. The zero-order valence-electron chi connectivity index (χ0n) is 12.6. The maximum atomic E-state index is 6.02. The lowest BCUT2D eigenvalue weighted by Crippen LogP contribution is -2.34. The van der Waals surface area contributed by atoms with E-state index in [4.69, 9.17) is 15.2 Å². The number of para-hydroxylation sites is 2. The van der Waals surface area contributed by atoms with Crippen LogP contribution < -0.4 is 15.2 Å². The minimum Gasteiger partial charge on any atom is -0.490 e. The van der Waals surface area contributed by atoms with Gasteiger partial charge in [0.1, 0.15) is 0 Å². The molecule has 2 rings (SSSR count). The SMILES string of the molecule is CCOc1ccccc1OCCC1(CN)CCCCC1. The summed E-state index contributed by atoms with van der Waals surface area (Å²) in [6, 6.07) is 7.89. The van der Waals surface area contributed by atoms with Crippen molar-refractivity contribution in [1.82, 2.24) is 0 Å². The van der Waals surface area contributed by atoms with Crippen LogP contribution in [0, 0.1) is 5.41 Å². The Morgan fingerprint density at radius 2 is 1.70 bits per heavy atom. The largest absolute Gasteiger partial charge is 0.490 e. The van der Waals surface area contributed by atoms with E-state index in [9.17, 15) is 0 Å². The molecule has 0 bridgehead atoms. The molecule has 3 heteroatoms. The molecular weight excluding hydrogens is 250 g/mol. The molecule has 0 aliphatic heterocycles. The van der Waals surface area contributed by atoms with Gasteiger partial charge in [0, 0.05) is 0 Å². The fourth-order valence-electron chi connectivity index (χ4n) is 3.08. The van der Waals surface area contributed by atoms with Crippen molar-refractivity contribution in [3.63, 3.8) is 0 Å². The first-order chi connectivity index (χ1) is 9.79. The van der Waals surface area contributed by atoms with E-state index in [0.717, 1.165) is 31.1 Å². The average molecular weight is 277 g/mol. The van der Waals surface area contributed by atoms with Crippen LogP contribution in [-0.4, -0.2) is 19.8 Å². The van der Waals surface area contributed by atoms with Crippen molar-refractivity contribution >= 4 is 0 Å². The smallest absolute Gasteiger partial charge is 0.161 e. The van der Waals surface area contributed by atoms with Crippen LogP contribution in [0.4, 0.5) is 0 Å². The van der Waals surface area contributed by atoms with Crippen LogP contribution in [0.1, 0.15) is 45.4 Å². The molecule has 3 nitrogen and oxygen atoms in total. The Kier molecular flexibility index (Phi) is 5.72. The Hall–Kier alpha value is -1.22. The highest BCUT2D eigenvalue weighted by atomic mass is 16.5. The predicted octanol–water partition coefficient (Wildman–Crippen LogP) is 3.76. The standard InChI is InChI=1S/C17H27NO2/c1-2-19-15-8-4-5-9-16(15)20-13-12-17(14-18)10-6-3-7-11-17/h4-5,8-9H,2-3,6-7,10-14,18H2,1H3. The van der Waals surface area contributed by atoms with Crippen molar-refractivity contribution in [2.45, 2.75) is 45.4 Å². The summed E-state index contributed by atoms with van der Waals surface area (Å²) < 4.78 is 11.5. The van der Waals surface area contributed by atoms with Crippen molar-refractivity contribution in [3.05, 3.63) is 24.3 Å². The monoisotopic (exact) mass is 277 g/mol. The van der Waals surface area contributed by atoms with Crippen LogP contribution in [0.5, 0.6) is 11.5 Å². The highest BCUT2D eigenvalue weighted by Crippen LogP contribution is 2.38. The quantitative estimate of drug-likeness (QED) is 0.825. The van der Waals surface area contributed by atoms with Gasteiger partial charge in [0.15, 0.2) is 11.5 Å². The normalized spacial score (nSPS) is 17.7. The van der Waals surface area contributed by atoms with E-state index in [0.29, 0.717) is 12.0 Å². The molecule has 0 saturated heterocycles. The second-order valence-corrected chi connectivity index (χ2v) is 5.74. The summed E-state index contributed by atoms with van der Waals surface area (Å²) in [6.45, 7) is 4.15. The van der Waals surface area contributed by atoms with Crippen LogP contribution in [-0.2, 0) is 0 Å². The molecule has 1 aromatic rings. The summed E-state index contributed by atoms with van der Waals surface area (Å²) in [5, 5.41) is 0. The maximum Gasteiger partial charge on any atom is 0.161 e. The molecule has 0 heterocycles. The summed E-state index contributed by atoms with van der Waals surface area (Å²) in [5.41, 5.74) is 6.32. The van der Waals surface area contributed by atoms with Crippen LogP contribution in [0.3, 0.4) is 0 Å². The van der Waals surface area contributed by atoms with Gasteiger partial charge >= 0.3 is 0 Å². The Morgan fingerprint density at radius 3 is 2.30 bits per heavy atom. The molecule has 1 aliphatic rings. The van der Waals surface area contributed by atoms with Crippen molar-refractivity contribution in [1.29, 1.82) is 0 Å². The van der Waals surface area contributed by atoms with Crippen molar-refractivity contribution < 1.29 is 9.47 Å². The van der Waals surface area contributed by atoms with Gasteiger partial charge in [-0.15, -0.1) is 0 Å². The Balaban J connectivity index is 1.88. The van der Waals surface area contributed by atoms with Gasteiger partial charge in [0.2, 0.25) is 0 Å². The molecule has 0 atom stereocenters. The first-order valence-electron chi connectivity index (χ1n) is 7.84. The molecule has 1 fully saturated rings. The zero-order valence-corrected chi connectivity index (χ0v) is 12.6. The third-order valence-electron chi connectivity index (χ3n) is 4.39. The second-order valence-electron chi connectivity index (χ2n) is 5.74. The van der Waals surface area contributed by atoms with E-state index >= 15 is 0 Å². The first-order valence-corrected chi connectivity index (χ1v) is 7.84. The molecule has 1 aliphatic carbocycles.